The summed E-state index contributed by atoms with van der Waals surface area (Å²) < 4.78 is 10.8. The van der Waals surface area contributed by atoms with Gasteiger partial charge >= 0.3 is 5.97 Å². The van der Waals surface area contributed by atoms with Gasteiger partial charge in [-0.3, -0.25) is 4.79 Å². The van der Waals surface area contributed by atoms with Crippen molar-refractivity contribution in [3.05, 3.63) is 83.9 Å². The fourth-order valence-corrected chi connectivity index (χ4v) is 3.22. The Morgan fingerprint density at radius 3 is 2.45 bits per heavy atom. The van der Waals surface area contributed by atoms with E-state index >= 15 is 0 Å². The summed E-state index contributed by atoms with van der Waals surface area (Å²) in [5, 5.41) is 2.82. The second-order valence-electron chi connectivity index (χ2n) is 6.88. The molecule has 0 saturated carbocycles. The summed E-state index contributed by atoms with van der Waals surface area (Å²) in [7, 11) is 0. The van der Waals surface area contributed by atoms with Gasteiger partial charge in [-0.1, -0.05) is 54.6 Å². The molecule has 0 bridgehead atoms. The van der Waals surface area contributed by atoms with E-state index in [2.05, 4.69) is 17.4 Å². The number of benzene rings is 3. The molecule has 1 heterocycles. The Hall–Kier alpha value is -3.60. The van der Waals surface area contributed by atoms with Crippen molar-refractivity contribution in [1.29, 1.82) is 0 Å². The summed E-state index contributed by atoms with van der Waals surface area (Å²) in [5.74, 6) is 0.179. The van der Waals surface area contributed by atoms with Gasteiger partial charge in [-0.2, -0.15) is 0 Å². The first kappa shape index (κ1) is 18.7. The number of amides is 1. The van der Waals surface area contributed by atoms with E-state index in [0.717, 1.165) is 27.9 Å². The van der Waals surface area contributed by atoms with Crippen molar-refractivity contribution in [1.82, 2.24) is 0 Å². The molecule has 1 aliphatic heterocycles. The molecular weight excluding hydrogens is 366 g/mol. The van der Waals surface area contributed by atoms with Crippen LogP contribution in [0.1, 0.15) is 17.5 Å². The lowest BCUT2D eigenvalue weighted by Crippen LogP contribution is -2.19. The molecule has 0 aromatic heterocycles. The zero-order valence-corrected chi connectivity index (χ0v) is 15.9. The van der Waals surface area contributed by atoms with Crippen molar-refractivity contribution in [3.8, 4) is 16.9 Å². The second-order valence-corrected chi connectivity index (χ2v) is 6.88. The van der Waals surface area contributed by atoms with Gasteiger partial charge < -0.3 is 14.8 Å². The molecule has 5 nitrogen and oxygen atoms in total. The summed E-state index contributed by atoms with van der Waals surface area (Å²) in [6, 6.07) is 23.4. The molecule has 0 unspecified atom stereocenters. The molecule has 0 aliphatic carbocycles. The SMILES string of the molecule is O=C1CCc2cc(OCC(=O)OCc3ccc(-c4ccccc4)cc3)ccc2N1. The van der Waals surface area contributed by atoms with Crippen LogP contribution in [0.15, 0.2) is 72.8 Å². The van der Waals surface area contributed by atoms with E-state index in [4.69, 9.17) is 9.47 Å². The highest BCUT2D eigenvalue weighted by Crippen LogP contribution is 2.26. The van der Waals surface area contributed by atoms with Crippen LogP contribution < -0.4 is 10.1 Å². The number of hydrogen-bond donors (Lipinski definition) is 1. The Labute approximate surface area is 169 Å². The minimum absolute atomic E-state index is 0.0200. The van der Waals surface area contributed by atoms with E-state index in [1.54, 1.807) is 12.1 Å². The van der Waals surface area contributed by atoms with Crippen LogP contribution in [0.2, 0.25) is 0 Å². The van der Waals surface area contributed by atoms with Gasteiger partial charge in [0.15, 0.2) is 6.61 Å². The van der Waals surface area contributed by atoms with Gasteiger partial charge in [-0.15, -0.1) is 0 Å². The third-order valence-electron chi connectivity index (χ3n) is 4.79. The Morgan fingerprint density at radius 1 is 0.897 bits per heavy atom. The third-order valence-corrected chi connectivity index (χ3v) is 4.79. The zero-order chi connectivity index (χ0) is 20.1. The topological polar surface area (TPSA) is 64.6 Å². The van der Waals surface area contributed by atoms with Gasteiger partial charge in [0.25, 0.3) is 0 Å². The molecule has 1 N–H and O–H groups in total. The van der Waals surface area contributed by atoms with Gasteiger partial charge in [-0.05, 0) is 46.9 Å². The lowest BCUT2D eigenvalue weighted by molar-refractivity contribution is -0.147. The Morgan fingerprint density at radius 2 is 1.66 bits per heavy atom. The summed E-state index contributed by atoms with van der Waals surface area (Å²) >= 11 is 0. The van der Waals surface area contributed by atoms with Gasteiger partial charge in [0.05, 0.1) is 0 Å². The first-order valence-electron chi connectivity index (χ1n) is 9.53. The normalized spacial score (nSPS) is 12.6. The van der Waals surface area contributed by atoms with Crippen LogP contribution >= 0.6 is 0 Å². The summed E-state index contributed by atoms with van der Waals surface area (Å²) in [5.41, 5.74) is 4.99. The van der Waals surface area contributed by atoms with E-state index in [9.17, 15) is 9.59 Å². The summed E-state index contributed by atoms with van der Waals surface area (Å²) in [6.07, 6.45) is 1.13. The number of carbonyl (C=O) groups is 2. The predicted octanol–water partition coefficient (Wildman–Crippen LogP) is 4.36. The van der Waals surface area contributed by atoms with Crippen molar-refractivity contribution < 1.29 is 19.1 Å². The average Bonchev–Trinajstić information content (AvgIpc) is 2.77. The van der Waals surface area contributed by atoms with Crippen molar-refractivity contribution in [2.45, 2.75) is 19.4 Å². The summed E-state index contributed by atoms with van der Waals surface area (Å²) in [4.78, 5) is 23.4. The molecule has 5 heteroatoms. The number of rotatable bonds is 6. The highest BCUT2D eigenvalue weighted by atomic mass is 16.6. The first-order chi connectivity index (χ1) is 14.2. The molecule has 0 radical (unpaired) electrons. The Kier molecular flexibility index (Phi) is 5.56. The number of anilines is 1. The number of aryl methyl sites for hydroxylation is 1. The highest BCUT2D eigenvalue weighted by molar-refractivity contribution is 5.94. The lowest BCUT2D eigenvalue weighted by Gasteiger charge is -2.17. The molecule has 146 valence electrons. The van der Waals surface area contributed by atoms with Gasteiger partial charge in [0.1, 0.15) is 12.4 Å². The third kappa shape index (κ3) is 4.82. The molecule has 3 aromatic rings. The van der Waals surface area contributed by atoms with Crippen LogP contribution in [-0.4, -0.2) is 18.5 Å². The molecule has 0 spiro atoms. The Bertz CT molecular complexity index is 1010. The van der Waals surface area contributed by atoms with Crippen molar-refractivity contribution in [2.24, 2.45) is 0 Å². The maximum atomic E-state index is 12.0. The molecule has 3 aromatic carbocycles. The van der Waals surface area contributed by atoms with Gasteiger partial charge in [0, 0.05) is 12.1 Å². The quantitative estimate of drug-likeness (QED) is 0.638. The molecule has 0 atom stereocenters. The van der Waals surface area contributed by atoms with Crippen molar-refractivity contribution >= 4 is 17.6 Å². The maximum absolute atomic E-state index is 12.0. The minimum Gasteiger partial charge on any atom is -0.482 e. The molecule has 4 rings (SSSR count). The maximum Gasteiger partial charge on any atom is 0.344 e. The predicted molar refractivity (Wildman–Crippen MR) is 111 cm³/mol. The fourth-order valence-electron chi connectivity index (χ4n) is 3.22. The number of ether oxygens (including phenoxy) is 2. The standard InChI is InChI=1S/C24H21NO4/c26-23-13-10-20-14-21(11-12-22(20)25-23)28-16-24(27)29-15-17-6-8-19(9-7-17)18-4-2-1-3-5-18/h1-9,11-12,14H,10,13,15-16H2,(H,25,26). The molecule has 0 fully saturated rings. The molecular formula is C24H21NO4. The van der Waals surface area contributed by atoms with E-state index in [1.165, 1.54) is 0 Å². The fraction of sp³-hybridized carbons (Fsp3) is 0.167. The van der Waals surface area contributed by atoms with Gasteiger partial charge in [-0.25, -0.2) is 4.79 Å². The molecule has 29 heavy (non-hydrogen) atoms. The number of nitrogens with one attached hydrogen (secondary N) is 1. The largest absolute Gasteiger partial charge is 0.482 e. The summed E-state index contributed by atoms with van der Waals surface area (Å²) in [6.45, 7) is 0.0424. The molecule has 1 amide bonds. The van der Waals surface area contributed by atoms with Gasteiger partial charge in [0.2, 0.25) is 5.91 Å². The number of fused-ring (bicyclic) bond motifs is 1. The number of carbonyl (C=O) groups excluding carboxylic acids is 2. The zero-order valence-electron chi connectivity index (χ0n) is 15.9. The van der Waals surface area contributed by atoms with E-state index in [0.29, 0.717) is 18.6 Å². The van der Waals surface area contributed by atoms with Crippen molar-refractivity contribution in [3.63, 3.8) is 0 Å². The average molecular weight is 387 g/mol. The van der Waals surface area contributed by atoms with E-state index in [-0.39, 0.29) is 19.1 Å². The number of hydrogen-bond acceptors (Lipinski definition) is 4. The second kappa shape index (κ2) is 8.61. The van der Waals surface area contributed by atoms with Crippen LogP contribution in [0.4, 0.5) is 5.69 Å². The van der Waals surface area contributed by atoms with E-state index < -0.39 is 5.97 Å². The van der Waals surface area contributed by atoms with Crippen LogP contribution in [0.25, 0.3) is 11.1 Å². The first-order valence-corrected chi connectivity index (χ1v) is 9.53. The van der Waals surface area contributed by atoms with Crippen LogP contribution in [0.3, 0.4) is 0 Å². The number of esters is 1. The van der Waals surface area contributed by atoms with Crippen molar-refractivity contribution in [2.75, 3.05) is 11.9 Å². The monoisotopic (exact) mass is 387 g/mol. The van der Waals surface area contributed by atoms with Crippen LogP contribution in [-0.2, 0) is 27.4 Å². The Balaban J connectivity index is 1.27. The smallest absolute Gasteiger partial charge is 0.344 e. The van der Waals surface area contributed by atoms with E-state index in [1.807, 2.05) is 48.5 Å². The minimum atomic E-state index is -0.428. The molecule has 0 saturated heterocycles. The lowest BCUT2D eigenvalue weighted by atomic mass is 10.0. The van der Waals surface area contributed by atoms with Crippen LogP contribution in [0.5, 0.6) is 5.75 Å². The molecule has 1 aliphatic rings. The van der Waals surface area contributed by atoms with Crippen LogP contribution in [0, 0.1) is 0 Å². The highest BCUT2D eigenvalue weighted by Gasteiger charge is 2.15.